The zero-order valence-corrected chi connectivity index (χ0v) is 27.5. The molecule has 2 aliphatic rings. The maximum absolute atomic E-state index is 12.2. The highest BCUT2D eigenvalue weighted by Crippen LogP contribution is 2.32. The number of fused-ring (bicyclic) bond motifs is 6. The molecule has 0 saturated carbocycles. The summed E-state index contributed by atoms with van der Waals surface area (Å²) < 4.78 is 3.46. The monoisotopic (exact) mass is 678 g/mol. The molecule has 3 amide bonds. The largest absolute Gasteiger partial charge is 0.481 e. The van der Waals surface area contributed by atoms with Gasteiger partial charge in [-0.1, -0.05) is 6.92 Å². The van der Waals surface area contributed by atoms with Gasteiger partial charge in [-0.05, 0) is 44.8 Å². The van der Waals surface area contributed by atoms with E-state index in [1.807, 2.05) is 18.5 Å². The summed E-state index contributed by atoms with van der Waals surface area (Å²) in [5.74, 6) is -1.52. The summed E-state index contributed by atoms with van der Waals surface area (Å²) in [6.07, 6.45) is 0.131. The molecule has 2 unspecified atom stereocenters. The molecule has 17 nitrogen and oxygen atoms in total. The van der Waals surface area contributed by atoms with Crippen LogP contribution in [0.4, 0.5) is 11.4 Å². The first-order valence-corrected chi connectivity index (χ1v) is 15.6. The SMILES string of the molecule is CCN(C)C(=O)CC1CNC(=O)c2cc3cc([N+](=O)[O-])ccc3n21.CCNC.O=C(O)CC1CNC(=O)c2cc3cc([N+](=O)[O-])ccc3n21. The fourth-order valence-corrected chi connectivity index (χ4v) is 5.66. The molecule has 0 fully saturated rings. The molecular formula is C32H38N8O9. The summed E-state index contributed by atoms with van der Waals surface area (Å²) in [4.78, 5) is 69.6. The standard InChI is InChI=1S/C16H18N4O4.C13H11N3O5.C3H9N/c1-3-18(2)15(21)8-12-9-17-16(22)14-7-10-6-11(20(23)24)4-5-13(10)19(12)14;17-12(18)5-9-6-14-13(19)11-4-7-3-8(16(20)21)1-2-10(7)15(9)11;1-3-4-2/h4-7,12H,3,8-9H2,1-2H3,(H,17,22);1-4,9H,5-6H2,(H,14,19)(H,17,18);4H,3H2,1-2H3. The van der Waals surface area contributed by atoms with Gasteiger partial charge in [0.05, 0.1) is 28.4 Å². The first-order valence-electron chi connectivity index (χ1n) is 15.6. The highest BCUT2D eigenvalue weighted by atomic mass is 16.6. The van der Waals surface area contributed by atoms with Gasteiger partial charge in [0, 0.05) is 79.2 Å². The Balaban J connectivity index is 0.000000201. The van der Waals surface area contributed by atoms with Crippen molar-refractivity contribution < 1.29 is 34.1 Å². The number of rotatable bonds is 8. The van der Waals surface area contributed by atoms with Gasteiger partial charge in [0.2, 0.25) is 5.91 Å². The third-order valence-corrected chi connectivity index (χ3v) is 8.33. The second-order valence-corrected chi connectivity index (χ2v) is 11.4. The van der Waals surface area contributed by atoms with Crippen LogP contribution in [0.5, 0.6) is 0 Å². The minimum absolute atomic E-state index is 0.00615. The summed E-state index contributed by atoms with van der Waals surface area (Å²) in [5, 5.41) is 40.2. The first-order chi connectivity index (χ1) is 23.3. The van der Waals surface area contributed by atoms with Gasteiger partial charge in [-0.3, -0.25) is 39.4 Å². The lowest BCUT2D eigenvalue weighted by Crippen LogP contribution is -2.41. The summed E-state index contributed by atoms with van der Waals surface area (Å²) in [6.45, 7) is 6.23. The van der Waals surface area contributed by atoms with Gasteiger partial charge in [0.1, 0.15) is 11.4 Å². The predicted molar refractivity (Wildman–Crippen MR) is 180 cm³/mol. The molecule has 0 aliphatic carbocycles. The Bertz CT molecular complexity index is 1930. The van der Waals surface area contributed by atoms with Crippen LogP contribution in [0.2, 0.25) is 0 Å². The van der Waals surface area contributed by atoms with Crippen molar-refractivity contribution in [2.75, 3.05) is 40.3 Å². The van der Waals surface area contributed by atoms with E-state index in [2.05, 4.69) is 22.9 Å². The number of carbonyl (C=O) groups is 4. The van der Waals surface area contributed by atoms with E-state index in [0.29, 0.717) is 40.8 Å². The van der Waals surface area contributed by atoms with Crippen LogP contribution < -0.4 is 16.0 Å². The van der Waals surface area contributed by atoms with Crippen LogP contribution in [0.15, 0.2) is 48.5 Å². The molecular weight excluding hydrogens is 640 g/mol. The van der Waals surface area contributed by atoms with Gasteiger partial charge in [-0.15, -0.1) is 0 Å². The number of nitrogens with zero attached hydrogens (tertiary/aromatic N) is 5. The van der Waals surface area contributed by atoms with Crippen molar-refractivity contribution in [2.24, 2.45) is 0 Å². The molecule has 2 aromatic carbocycles. The zero-order valence-electron chi connectivity index (χ0n) is 27.5. The number of aliphatic carboxylic acids is 1. The molecule has 2 aromatic heterocycles. The average Bonchev–Trinajstić information content (AvgIpc) is 3.67. The Hall–Kier alpha value is -5.84. The smallest absolute Gasteiger partial charge is 0.305 e. The van der Waals surface area contributed by atoms with Crippen LogP contribution in [-0.2, 0) is 9.59 Å². The number of nitrogens with one attached hydrogen (secondary N) is 3. The molecule has 6 rings (SSSR count). The van der Waals surface area contributed by atoms with Crippen molar-refractivity contribution in [2.45, 2.75) is 38.8 Å². The van der Waals surface area contributed by atoms with Crippen molar-refractivity contribution in [3.63, 3.8) is 0 Å². The Morgan fingerprint density at radius 3 is 1.65 bits per heavy atom. The lowest BCUT2D eigenvalue weighted by Gasteiger charge is -2.28. The number of benzene rings is 2. The maximum Gasteiger partial charge on any atom is 0.305 e. The molecule has 0 bridgehead atoms. The van der Waals surface area contributed by atoms with Crippen LogP contribution in [-0.4, -0.2) is 93.0 Å². The molecule has 0 radical (unpaired) electrons. The van der Waals surface area contributed by atoms with E-state index in [0.717, 1.165) is 12.1 Å². The highest BCUT2D eigenvalue weighted by Gasteiger charge is 2.31. The van der Waals surface area contributed by atoms with E-state index < -0.39 is 21.9 Å². The van der Waals surface area contributed by atoms with Crippen molar-refractivity contribution >= 4 is 56.9 Å². The molecule has 4 N–H and O–H groups in total. The Kier molecular flexibility index (Phi) is 11.3. The molecule has 49 heavy (non-hydrogen) atoms. The van der Waals surface area contributed by atoms with Crippen molar-refractivity contribution in [1.82, 2.24) is 30.0 Å². The van der Waals surface area contributed by atoms with Crippen LogP contribution in [0.1, 0.15) is 59.7 Å². The minimum Gasteiger partial charge on any atom is -0.481 e. The quantitative estimate of drug-likeness (QED) is 0.157. The first kappa shape index (κ1) is 36.0. The molecule has 4 heterocycles. The fourth-order valence-electron chi connectivity index (χ4n) is 5.66. The van der Waals surface area contributed by atoms with Crippen LogP contribution in [0.3, 0.4) is 0 Å². The number of nitro benzene ring substituents is 2. The van der Waals surface area contributed by atoms with Gasteiger partial charge in [-0.2, -0.15) is 0 Å². The van der Waals surface area contributed by atoms with E-state index in [1.54, 1.807) is 40.8 Å². The Morgan fingerprint density at radius 2 is 1.29 bits per heavy atom. The number of non-ortho nitro benzene ring substituents is 2. The number of carboxylic acids is 1. The summed E-state index contributed by atoms with van der Waals surface area (Å²) in [5.41, 5.74) is 2.00. The van der Waals surface area contributed by atoms with Crippen molar-refractivity contribution in [1.29, 1.82) is 0 Å². The summed E-state index contributed by atoms with van der Waals surface area (Å²) in [7, 11) is 3.67. The topological polar surface area (TPSA) is 224 Å². The Labute approximate surface area is 280 Å². The van der Waals surface area contributed by atoms with Crippen LogP contribution >= 0.6 is 0 Å². The third kappa shape index (κ3) is 7.83. The lowest BCUT2D eigenvalue weighted by atomic mass is 10.1. The summed E-state index contributed by atoms with van der Waals surface area (Å²) in [6, 6.07) is 11.3. The van der Waals surface area contributed by atoms with E-state index >= 15 is 0 Å². The predicted octanol–water partition coefficient (Wildman–Crippen LogP) is 3.24. The molecule has 2 aliphatic heterocycles. The number of aromatic nitrogens is 2. The number of hydrogen-bond acceptors (Lipinski definition) is 9. The molecule has 0 spiro atoms. The van der Waals surface area contributed by atoms with Gasteiger partial charge in [0.25, 0.3) is 23.2 Å². The molecule has 4 aromatic rings. The lowest BCUT2D eigenvalue weighted by molar-refractivity contribution is -0.384. The number of nitro groups is 2. The van der Waals surface area contributed by atoms with E-state index in [-0.39, 0.29) is 54.5 Å². The van der Waals surface area contributed by atoms with Gasteiger partial charge in [-0.25, -0.2) is 0 Å². The third-order valence-electron chi connectivity index (χ3n) is 8.33. The minimum atomic E-state index is -0.967. The maximum atomic E-state index is 12.2. The van der Waals surface area contributed by atoms with E-state index in [4.69, 9.17) is 5.11 Å². The summed E-state index contributed by atoms with van der Waals surface area (Å²) >= 11 is 0. The van der Waals surface area contributed by atoms with Crippen LogP contribution in [0.25, 0.3) is 21.8 Å². The van der Waals surface area contributed by atoms with Crippen LogP contribution in [0, 0.1) is 20.2 Å². The highest BCUT2D eigenvalue weighted by molar-refractivity contribution is 6.01. The molecule has 260 valence electrons. The van der Waals surface area contributed by atoms with Gasteiger partial charge < -0.3 is 35.1 Å². The number of hydrogen-bond donors (Lipinski definition) is 4. The van der Waals surface area contributed by atoms with Gasteiger partial charge in [0.15, 0.2) is 0 Å². The number of carbonyl (C=O) groups excluding carboxylic acids is 3. The van der Waals surface area contributed by atoms with Gasteiger partial charge >= 0.3 is 5.97 Å². The molecule has 17 heteroatoms. The fraction of sp³-hybridized carbons (Fsp3) is 0.375. The molecule has 2 atom stereocenters. The van der Waals surface area contributed by atoms with E-state index in [1.165, 1.54) is 24.3 Å². The second kappa shape index (κ2) is 15.4. The Morgan fingerprint density at radius 1 is 0.857 bits per heavy atom. The van der Waals surface area contributed by atoms with Crippen molar-refractivity contribution in [3.8, 4) is 0 Å². The average molecular weight is 679 g/mol. The zero-order chi connectivity index (χ0) is 36.0. The van der Waals surface area contributed by atoms with E-state index in [9.17, 15) is 39.4 Å². The normalized spacial score (nSPS) is 16.2. The number of amides is 3. The number of carboxylic acid groups (broad SMARTS) is 1. The molecule has 0 saturated heterocycles. The second-order valence-electron chi connectivity index (χ2n) is 11.4. The van der Waals surface area contributed by atoms with Crippen molar-refractivity contribution in [3.05, 3.63) is 80.1 Å².